The average molecular weight is 279 g/mol. The van der Waals surface area contributed by atoms with Crippen LogP contribution >= 0.6 is 0 Å². The minimum absolute atomic E-state index is 0.979. The van der Waals surface area contributed by atoms with Gasteiger partial charge in [-0.2, -0.15) is 0 Å². The summed E-state index contributed by atoms with van der Waals surface area (Å²) < 4.78 is 0. The lowest BCUT2D eigenvalue weighted by atomic mass is 9.73. The van der Waals surface area contributed by atoms with Crippen molar-refractivity contribution in [2.75, 3.05) is 0 Å². The molecule has 2 aliphatic carbocycles. The van der Waals surface area contributed by atoms with Gasteiger partial charge in [-0.25, -0.2) is 0 Å². The van der Waals surface area contributed by atoms with E-state index in [-0.39, 0.29) is 0 Å². The van der Waals surface area contributed by atoms with E-state index in [1.54, 1.807) is 6.42 Å². The first-order valence-electron chi connectivity index (χ1n) is 9.65. The molecule has 2 aliphatic rings. The van der Waals surface area contributed by atoms with Gasteiger partial charge in [0.15, 0.2) is 0 Å². The lowest BCUT2D eigenvalue weighted by Crippen LogP contribution is -2.21. The standard InChI is InChI=1S/C20H38/c1-16-7-5-4-6-8-19(13-11-16)20-14-12-17(2)9-10-18(3)15-20/h16-20H,4-15H2,1-3H3. The van der Waals surface area contributed by atoms with Gasteiger partial charge in [0.05, 0.1) is 0 Å². The van der Waals surface area contributed by atoms with Crippen molar-refractivity contribution in [3.8, 4) is 0 Å². The van der Waals surface area contributed by atoms with Gasteiger partial charge in [0.2, 0.25) is 0 Å². The molecule has 5 atom stereocenters. The highest BCUT2D eigenvalue weighted by atomic mass is 14.3. The monoisotopic (exact) mass is 278 g/mol. The smallest absolute Gasteiger partial charge is 0.0383 e. The summed E-state index contributed by atoms with van der Waals surface area (Å²) in [5.41, 5.74) is 0. The van der Waals surface area contributed by atoms with Crippen LogP contribution in [0, 0.1) is 29.6 Å². The fourth-order valence-electron chi connectivity index (χ4n) is 4.73. The largest absolute Gasteiger partial charge is 0.0625 e. The van der Waals surface area contributed by atoms with Crippen molar-refractivity contribution >= 4 is 0 Å². The van der Waals surface area contributed by atoms with E-state index in [1.165, 1.54) is 70.6 Å². The maximum atomic E-state index is 2.52. The van der Waals surface area contributed by atoms with Crippen molar-refractivity contribution in [1.29, 1.82) is 0 Å². The summed E-state index contributed by atoms with van der Waals surface area (Å²) in [6.45, 7) is 7.49. The molecular weight excluding hydrogens is 240 g/mol. The maximum absolute atomic E-state index is 2.52. The Morgan fingerprint density at radius 1 is 0.450 bits per heavy atom. The molecule has 118 valence electrons. The lowest BCUT2D eigenvalue weighted by molar-refractivity contribution is 0.184. The predicted octanol–water partition coefficient (Wildman–Crippen LogP) is 6.84. The van der Waals surface area contributed by atoms with Gasteiger partial charge >= 0.3 is 0 Å². The fourth-order valence-corrected chi connectivity index (χ4v) is 4.73. The topological polar surface area (TPSA) is 0 Å². The van der Waals surface area contributed by atoms with Crippen LogP contribution in [0.15, 0.2) is 0 Å². The molecule has 0 radical (unpaired) electrons. The Kier molecular flexibility index (Phi) is 6.91. The Hall–Kier alpha value is 0. The first kappa shape index (κ1) is 16.4. The van der Waals surface area contributed by atoms with Crippen molar-refractivity contribution in [1.82, 2.24) is 0 Å². The molecule has 0 heteroatoms. The van der Waals surface area contributed by atoms with Crippen molar-refractivity contribution in [3.63, 3.8) is 0 Å². The molecule has 0 bridgehead atoms. The lowest BCUT2D eigenvalue weighted by Gasteiger charge is -2.33. The summed E-state index contributed by atoms with van der Waals surface area (Å²) in [5.74, 6) is 5.06. The van der Waals surface area contributed by atoms with Crippen LogP contribution in [0.5, 0.6) is 0 Å². The van der Waals surface area contributed by atoms with E-state index in [1.807, 2.05) is 0 Å². The van der Waals surface area contributed by atoms with Gasteiger partial charge in [-0.15, -0.1) is 0 Å². The molecule has 0 saturated heterocycles. The zero-order valence-electron chi connectivity index (χ0n) is 14.4. The van der Waals surface area contributed by atoms with E-state index < -0.39 is 0 Å². The van der Waals surface area contributed by atoms with Crippen molar-refractivity contribution < 1.29 is 0 Å². The van der Waals surface area contributed by atoms with E-state index in [9.17, 15) is 0 Å². The second kappa shape index (κ2) is 8.44. The summed E-state index contributed by atoms with van der Waals surface area (Å²) in [6.07, 6.45) is 18.1. The molecule has 0 heterocycles. The van der Waals surface area contributed by atoms with E-state index in [0.717, 1.165) is 29.6 Å². The van der Waals surface area contributed by atoms with Gasteiger partial charge < -0.3 is 0 Å². The van der Waals surface area contributed by atoms with E-state index >= 15 is 0 Å². The van der Waals surface area contributed by atoms with Crippen LogP contribution in [-0.4, -0.2) is 0 Å². The maximum Gasteiger partial charge on any atom is -0.0383 e. The predicted molar refractivity (Wildman–Crippen MR) is 89.9 cm³/mol. The summed E-state index contributed by atoms with van der Waals surface area (Å²) >= 11 is 0. The zero-order valence-corrected chi connectivity index (χ0v) is 14.4. The highest BCUT2D eigenvalue weighted by Crippen LogP contribution is 2.39. The molecule has 20 heavy (non-hydrogen) atoms. The first-order chi connectivity index (χ1) is 9.65. The van der Waals surface area contributed by atoms with Crippen LogP contribution < -0.4 is 0 Å². The van der Waals surface area contributed by atoms with Crippen LogP contribution in [0.3, 0.4) is 0 Å². The Bertz CT molecular complexity index is 257. The molecular formula is C20H38. The molecule has 5 unspecified atom stereocenters. The quantitative estimate of drug-likeness (QED) is 0.493. The van der Waals surface area contributed by atoms with Gasteiger partial charge in [-0.3, -0.25) is 0 Å². The Morgan fingerprint density at radius 3 is 1.80 bits per heavy atom. The third kappa shape index (κ3) is 5.41. The van der Waals surface area contributed by atoms with E-state index in [0.29, 0.717) is 0 Å². The number of hydrogen-bond donors (Lipinski definition) is 0. The third-order valence-electron chi connectivity index (χ3n) is 6.36. The van der Waals surface area contributed by atoms with Crippen LogP contribution in [0.1, 0.15) is 97.8 Å². The van der Waals surface area contributed by atoms with Crippen molar-refractivity contribution in [2.24, 2.45) is 29.6 Å². The molecule has 0 aromatic heterocycles. The SMILES string of the molecule is CC1CCCCCC(C2CCC(C)CCC(C)C2)CC1. The molecule has 2 saturated carbocycles. The van der Waals surface area contributed by atoms with E-state index in [4.69, 9.17) is 0 Å². The minimum Gasteiger partial charge on any atom is -0.0625 e. The normalized spacial score (nSPS) is 41.9. The van der Waals surface area contributed by atoms with Gasteiger partial charge in [0.1, 0.15) is 0 Å². The highest BCUT2D eigenvalue weighted by Gasteiger charge is 2.26. The average Bonchev–Trinajstić information content (AvgIpc) is 2.52. The van der Waals surface area contributed by atoms with Gasteiger partial charge in [-0.05, 0) is 48.9 Å². The Balaban J connectivity index is 1.93. The minimum atomic E-state index is 0.979. The molecule has 0 amide bonds. The Labute approximate surface area is 128 Å². The molecule has 0 spiro atoms. The summed E-state index contributed by atoms with van der Waals surface area (Å²) in [5, 5.41) is 0. The number of hydrogen-bond acceptors (Lipinski definition) is 0. The highest BCUT2D eigenvalue weighted by molar-refractivity contribution is 4.78. The molecule has 2 rings (SSSR count). The summed E-state index contributed by atoms with van der Waals surface area (Å²) in [6, 6.07) is 0. The molecule has 0 aromatic carbocycles. The molecule has 0 aromatic rings. The van der Waals surface area contributed by atoms with Crippen LogP contribution in [0.2, 0.25) is 0 Å². The van der Waals surface area contributed by atoms with Gasteiger partial charge in [-0.1, -0.05) is 78.6 Å². The van der Waals surface area contributed by atoms with Crippen LogP contribution in [-0.2, 0) is 0 Å². The molecule has 2 fully saturated rings. The van der Waals surface area contributed by atoms with Crippen LogP contribution in [0.25, 0.3) is 0 Å². The third-order valence-corrected chi connectivity index (χ3v) is 6.36. The molecule has 0 N–H and O–H groups in total. The molecule has 0 aliphatic heterocycles. The summed E-state index contributed by atoms with van der Waals surface area (Å²) in [4.78, 5) is 0. The van der Waals surface area contributed by atoms with Gasteiger partial charge in [0, 0.05) is 0 Å². The molecule has 0 nitrogen and oxygen atoms in total. The Morgan fingerprint density at radius 2 is 1.00 bits per heavy atom. The van der Waals surface area contributed by atoms with Gasteiger partial charge in [0.25, 0.3) is 0 Å². The van der Waals surface area contributed by atoms with Crippen molar-refractivity contribution in [2.45, 2.75) is 97.8 Å². The summed E-state index contributed by atoms with van der Waals surface area (Å²) in [7, 11) is 0. The second-order valence-electron chi connectivity index (χ2n) is 8.44. The second-order valence-corrected chi connectivity index (χ2v) is 8.44. The van der Waals surface area contributed by atoms with Crippen molar-refractivity contribution in [3.05, 3.63) is 0 Å². The first-order valence-corrected chi connectivity index (χ1v) is 9.65. The van der Waals surface area contributed by atoms with E-state index in [2.05, 4.69) is 20.8 Å². The zero-order chi connectivity index (χ0) is 14.4. The fraction of sp³-hybridized carbons (Fsp3) is 1.00. The van der Waals surface area contributed by atoms with Crippen LogP contribution in [0.4, 0.5) is 0 Å². The number of rotatable bonds is 1.